The van der Waals surface area contributed by atoms with Crippen molar-refractivity contribution in [2.75, 3.05) is 7.11 Å². The van der Waals surface area contributed by atoms with E-state index >= 15 is 0 Å². The molecule has 6 nitrogen and oxygen atoms in total. The highest BCUT2D eigenvalue weighted by Gasteiger charge is 2.23. The molecule has 3 N–H and O–H groups in total. The highest BCUT2D eigenvalue weighted by molar-refractivity contribution is 5.68. The summed E-state index contributed by atoms with van der Waals surface area (Å²) in [7, 11) is 1.56. The van der Waals surface area contributed by atoms with Crippen LogP contribution >= 0.6 is 0 Å². The summed E-state index contributed by atoms with van der Waals surface area (Å²) < 4.78 is 10.4. The summed E-state index contributed by atoms with van der Waals surface area (Å²) in [5.74, 6) is 1.43. The van der Waals surface area contributed by atoms with E-state index in [9.17, 15) is 5.11 Å². The van der Waals surface area contributed by atoms with Gasteiger partial charge in [-0.1, -0.05) is 25.9 Å². The molecule has 1 aromatic heterocycles. The molecule has 0 atom stereocenters. The lowest BCUT2D eigenvalue weighted by molar-refractivity contribution is 0.379. The lowest BCUT2D eigenvalue weighted by Crippen LogP contribution is -2.11. The normalized spacial score (nSPS) is 11.7. The van der Waals surface area contributed by atoms with Crippen molar-refractivity contribution in [1.29, 1.82) is 0 Å². The molecule has 108 valence electrons. The van der Waals surface area contributed by atoms with E-state index in [0.29, 0.717) is 23.0 Å². The first-order chi connectivity index (χ1) is 9.36. The predicted octanol–water partition coefficient (Wildman–Crippen LogP) is 2.21. The van der Waals surface area contributed by atoms with Crippen molar-refractivity contribution in [2.45, 2.75) is 32.7 Å². The van der Waals surface area contributed by atoms with Gasteiger partial charge in [0.2, 0.25) is 11.7 Å². The monoisotopic (exact) mass is 277 g/mol. The number of methoxy groups -OCH3 is 1. The highest BCUT2D eigenvalue weighted by atomic mass is 16.5. The number of aromatic nitrogens is 2. The van der Waals surface area contributed by atoms with Gasteiger partial charge >= 0.3 is 0 Å². The molecule has 0 spiro atoms. The van der Waals surface area contributed by atoms with E-state index in [0.717, 1.165) is 5.56 Å². The minimum atomic E-state index is -0.199. The van der Waals surface area contributed by atoms with Gasteiger partial charge in [0.05, 0.1) is 19.2 Å². The largest absolute Gasteiger partial charge is 0.508 e. The summed E-state index contributed by atoms with van der Waals surface area (Å²) in [5.41, 5.74) is 6.61. The second kappa shape index (κ2) is 5.13. The standard InChI is InChI=1S/C14H19N3O3/c1-14(2,3)9-6-11(19-4)8(5-10(9)18)13-16-12(7-15)20-17-13/h5-6,18H,7,15H2,1-4H3. The first-order valence-electron chi connectivity index (χ1n) is 6.31. The van der Waals surface area contributed by atoms with Crippen LogP contribution in [0.15, 0.2) is 16.7 Å². The van der Waals surface area contributed by atoms with Crippen LogP contribution in [-0.4, -0.2) is 22.4 Å². The predicted molar refractivity (Wildman–Crippen MR) is 74.5 cm³/mol. The Morgan fingerprint density at radius 1 is 1.35 bits per heavy atom. The van der Waals surface area contributed by atoms with Gasteiger partial charge in [-0.3, -0.25) is 0 Å². The van der Waals surface area contributed by atoms with E-state index in [2.05, 4.69) is 10.1 Å². The smallest absolute Gasteiger partial charge is 0.240 e. The second-order valence-corrected chi connectivity index (χ2v) is 5.54. The third kappa shape index (κ3) is 2.60. The van der Waals surface area contributed by atoms with Crippen molar-refractivity contribution in [3.05, 3.63) is 23.6 Å². The Morgan fingerprint density at radius 2 is 2.05 bits per heavy atom. The zero-order valence-corrected chi connectivity index (χ0v) is 12.1. The molecule has 0 saturated heterocycles. The fraction of sp³-hybridized carbons (Fsp3) is 0.429. The maximum atomic E-state index is 10.2. The average molecular weight is 277 g/mol. The summed E-state index contributed by atoms with van der Waals surface area (Å²) in [6, 6.07) is 3.38. The van der Waals surface area contributed by atoms with E-state index in [1.165, 1.54) is 0 Å². The quantitative estimate of drug-likeness (QED) is 0.893. The molecule has 0 saturated carbocycles. The molecule has 6 heteroatoms. The van der Waals surface area contributed by atoms with Crippen LogP contribution in [0.1, 0.15) is 32.2 Å². The molecule has 1 aromatic carbocycles. The summed E-state index contributed by atoms with van der Waals surface area (Å²) in [4.78, 5) is 4.15. The van der Waals surface area contributed by atoms with Gasteiger partial charge in [-0.05, 0) is 17.5 Å². The Hall–Kier alpha value is -2.08. The summed E-state index contributed by atoms with van der Waals surface area (Å²) >= 11 is 0. The fourth-order valence-electron chi connectivity index (χ4n) is 1.96. The van der Waals surface area contributed by atoms with Gasteiger partial charge in [-0.25, -0.2) is 0 Å². The summed E-state index contributed by atoms with van der Waals surface area (Å²) in [5, 5.41) is 14.0. The van der Waals surface area contributed by atoms with Gasteiger partial charge in [-0.15, -0.1) is 0 Å². The van der Waals surface area contributed by atoms with Crippen LogP contribution in [0.2, 0.25) is 0 Å². The molecule has 2 aromatic rings. The Balaban J connectivity index is 2.57. The Morgan fingerprint density at radius 3 is 2.55 bits per heavy atom. The summed E-state index contributed by atoms with van der Waals surface area (Å²) in [6.45, 7) is 6.22. The lowest BCUT2D eigenvalue weighted by Gasteiger charge is -2.22. The first kappa shape index (κ1) is 14.3. The van der Waals surface area contributed by atoms with Crippen molar-refractivity contribution in [3.8, 4) is 22.9 Å². The number of phenolic OH excluding ortho intramolecular Hbond substituents is 1. The van der Waals surface area contributed by atoms with E-state index in [1.807, 2.05) is 20.8 Å². The third-order valence-corrected chi connectivity index (χ3v) is 3.01. The van der Waals surface area contributed by atoms with E-state index < -0.39 is 0 Å². The van der Waals surface area contributed by atoms with Crippen LogP contribution < -0.4 is 10.5 Å². The van der Waals surface area contributed by atoms with Gasteiger partial charge < -0.3 is 20.1 Å². The number of benzene rings is 1. The van der Waals surface area contributed by atoms with Gasteiger partial charge in [-0.2, -0.15) is 4.98 Å². The van der Waals surface area contributed by atoms with Crippen molar-refractivity contribution >= 4 is 0 Å². The molecule has 2 rings (SSSR count). The Kier molecular flexibility index (Phi) is 3.67. The minimum Gasteiger partial charge on any atom is -0.508 e. The van der Waals surface area contributed by atoms with Crippen LogP contribution in [0.4, 0.5) is 0 Å². The SMILES string of the molecule is COc1cc(C(C)(C)C)c(O)cc1-c1noc(CN)n1. The lowest BCUT2D eigenvalue weighted by atomic mass is 9.85. The van der Waals surface area contributed by atoms with Crippen molar-refractivity contribution < 1.29 is 14.4 Å². The van der Waals surface area contributed by atoms with Crippen LogP contribution in [-0.2, 0) is 12.0 Å². The molecular weight excluding hydrogens is 258 g/mol. The van der Waals surface area contributed by atoms with E-state index in [4.69, 9.17) is 15.0 Å². The van der Waals surface area contributed by atoms with Crippen LogP contribution in [0.5, 0.6) is 11.5 Å². The molecule has 0 unspecified atom stereocenters. The van der Waals surface area contributed by atoms with Gasteiger partial charge in [0, 0.05) is 5.56 Å². The summed E-state index contributed by atoms with van der Waals surface area (Å²) in [6.07, 6.45) is 0. The molecule has 1 heterocycles. The highest BCUT2D eigenvalue weighted by Crippen LogP contribution is 2.39. The Bertz CT molecular complexity index is 615. The molecular formula is C14H19N3O3. The van der Waals surface area contributed by atoms with Gasteiger partial charge in [0.1, 0.15) is 11.5 Å². The number of hydrogen-bond donors (Lipinski definition) is 2. The number of nitrogens with zero attached hydrogens (tertiary/aromatic N) is 2. The zero-order valence-electron chi connectivity index (χ0n) is 12.1. The van der Waals surface area contributed by atoms with Crippen LogP contribution in [0.25, 0.3) is 11.4 Å². The number of nitrogens with two attached hydrogens (primary N) is 1. The number of phenols is 1. The van der Waals surface area contributed by atoms with Crippen molar-refractivity contribution in [2.24, 2.45) is 5.73 Å². The fourth-order valence-corrected chi connectivity index (χ4v) is 1.96. The minimum absolute atomic E-state index is 0.168. The van der Waals surface area contributed by atoms with E-state index in [1.54, 1.807) is 19.2 Å². The molecule has 0 aliphatic heterocycles. The topological polar surface area (TPSA) is 94.4 Å². The van der Waals surface area contributed by atoms with E-state index in [-0.39, 0.29) is 17.7 Å². The van der Waals surface area contributed by atoms with Crippen LogP contribution in [0.3, 0.4) is 0 Å². The zero-order chi connectivity index (χ0) is 14.9. The van der Waals surface area contributed by atoms with Gasteiger partial charge in [0.15, 0.2) is 0 Å². The number of aromatic hydroxyl groups is 1. The number of hydrogen-bond acceptors (Lipinski definition) is 6. The molecule has 0 radical (unpaired) electrons. The van der Waals surface area contributed by atoms with Crippen LogP contribution in [0, 0.1) is 0 Å². The number of ether oxygens (including phenoxy) is 1. The molecule has 0 amide bonds. The molecule has 0 fully saturated rings. The molecule has 0 aliphatic carbocycles. The molecule has 20 heavy (non-hydrogen) atoms. The van der Waals surface area contributed by atoms with Crippen molar-refractivity contribution in [1.82, 2.24) is 10.1 Å². The second-order valence-electron chi connectivity index (χ2n) is 5.54. The molecule has 0 aliphatic rings. The maximum Gasteiger partial charge on any atom is 0.240 e. The van der Waals surface area contributed by atoms with Crippen molar-refractivity contribution in [3.63, 3.8) is 0 Å². The average Bonchev–Trinajstić information content (AvgIpc) is 2.85. The maximum absolute atomic E-state index is 10.2. The number of rotatable bonds is 3. The third-order valence-electron chi connectivity index (χ3n) is 3.01. The Labute approximate surface area is 117 Å². The first-order valence-corrected chi connectivity index (χ1v) is 6.31. The molecule has 0 bridgehead atoms. The van der Waals surface area contributed by atoms with Gasteiger partial charge in [0.25, 0.3) is 0 Å².